The van der Waals surface area contributed by atoms with Gasteiger partial charge in [-0.3, -0.25) is 5.41 Å². The van der Waals surface area contributed by atoms with E-state index in [1.165, 1.54) is 19.3 Å². The van der Waals surface area contributed by atoms with Crippen LogP contribution in [0.2, 0.25) is 0 Å². The highest BCUT2D eigenvalue weighted by atomic mass is 15.1. The van der Waals surface area contributed by atoms with Gasteiger partial charge < -0.3 is 10.6 Å². The smallest absolute Gasteiger partial charge is 0.124 e. The Morgan fingerprint density at radius 3 is 2.50 bits per heavy atom. The first-order chi connectivity index (χ1) is 8.56. The van der Waals surface area contributed by atoms with E-state index in [9.17, 15) is 0 Å². The molecule has 1 heterocycles. The van der Waals surface area contributed by atoms with Crippen molar-refractivity contribution in [3.8, 4) is 0 Å². The highest BCUT2D eigenvalue weighted by Crippen LogP contribution is 2.36. The molecule has 0 aliphatic carbocycles. The van der Waals surface area contributed by atoms with Crippen molar-refractivity contribution in [2.24, 2.45) is 11.1 Å². The molecule has 0 bridgehead atoms. The van der Waals surface area contributed by atoms with Gasteiger partial charge in [0, 0.05) is 24.3 Å². The fourth-order valence-electron chi connectivity index (χ4n) is 2.62. The molecule has 2 rings (SSSR count). The Labute approximate surface area is 109 Å². The topological polar surface area (TPSA) is 53.1 Å². The third-order valence-electron chi connectivity index (χ3n) is 4.36. The van der Waals surface area contributed by atoms with Crippen LogP contribution in [0.3, 0.4) is 0 Å². The monoisotopic (exact) mass is 245 g/mol. The lowest BCUT2D eigenvalue weighted by molar-refractivity contribution is 0.238. The quantitative estimate of drug-likeness (QED) is 0.635. The molecule has 1 fully saturated rings. The number of anilines is 1. The van der Waals surface area contributed by atoms with Crippen LogP contribution in [0.1, 0.15) is 38.7 Å². The van der Waals surface area contributed by atoms with Gasteiger partial charge in [-0.05, 0) is 30.4 Å². The third kappa shape index (κ3) is 2.50. The summed E-state index contributed by atoms with van der Waals surface area (Å²) in [6.07, 6.45) is 3.68. The normalized spacial score (nSPS) is 18.7. The highest BCUT2D eigenvalue weighted by molar-refractivity contribution is 6.00. The van der Waals surface area contributed by atoms with Crippen molar-refractivity contribution in [1.82, 2.24) is 0 Å². The van der Waals surface area contributed by atoms with E-state index in [0.29, 0.717) is 5.41 Å². The molecule has 3 nitrogen and oxygen atoms in total. The maximum absolute atomic E-state index is 7.66. The molecule has 0 spiro atoms. The molecule has 0 unspecified atom stereocenters. The van der Waals surface area contributed by atoms with Gasteiger partial charge in [-0.25, -0.2) is 0 Å². The number of rotatable bonds is 3. The van der Waals surface area contributed by atoms with Crippen molar-refractivity contribution in [2.45, 2.75) is 33.1 Å². The molecule has 0 aromatic heterocycles. The number of para-hydroxylation sites is 1. The van der Waals surface area contributed by atoms with Crippen LogP contribution in [0.4, 0.5) is 5.69 Å². The number of piperidine rings is 1. The predicted molar refractivity (Wildman–Crippen MR) is 77.3 cm³/mol. The zero-order valence-electron chi connectivity index (χ0n) is 11.4. The second-order valence-corrected chi connectivity index (χ2v) is 5.58. The molecule has 98 valence electrons. The molecule has 0 saturated carbocycles. The average Bonchev–Trinajstić information content (AvgIpc) is 2.39. The lowest BCUT2D eigenvalue weighted by Crippen LogP contribution is -2.39. The minimum Gasteiger partial charge on any atom is -0.384 e. The number of hydrogen-bond acceptors (Lipinski definition) is 2. The van der Waals surface area contributed by atoms with Crippen molar-refractivity contribution >= 4 is 11.5 Å². The molecule has 0 radical (unpaired) electrons. The molecule has 18 heavy (non-hydrogen) atoms. The Hall–Kier alpha value is -1.51. The second-order valence-electron chi connectivity index (χ2n) is 5.58. The first-order valence-corrected chi connectivity index (χ1v) is 6.74. The van der Waals surface area contributed by atoms with Crippen molar-refractivity contribution in [3.63, 3.8) is 0 Å². The molecule has 0 amide bonds. The van der Waals surface area contributed by atoms with Gasteiger partial charge in [-0.2, -0.15) is 0 Å². The standard InChI is InChI=1S/C15H23N3/c1-3-15(2)8-10-18(11-9-15)13-7-5-4-6-12(13)14(16)17/h4-7H,3,8-11H2,1-2H3,(H3,16,17). The minimum absolute atomic E-state index is 0.162. The predicted octanol–water partition coefficient (Wildman–Crippen LogP) is 2.99. The van der Waals surface area contributed by atoms with Crippen molar-refractivity contribution in [3.05, 3.63) is 29.8 Å². The second kappa shape index (κ2) is 5.01. The molecule has 1 aromatic carbocycles. The van der Waals surface area contributed by atoms with E-state index < -0.39 is 0 Å². The Morgan fingerprint density at radius 2 is 1.94 bits per heavy atom. The lowest BCUT2D eigenvalue weighted by Gasteiger charge is -2.40. The zero-order valence-corrected chi connectivity index (χ0v) is 11.4. The van der Waals surface area contributed by atoms with Crippen molar-refractivity contribution in [2.75, 3.05) is 18.0 Å². The van der Waals surface area contributed by atoms with Gasteiger partial charge in [-0.1, -0.05) is 32.4 Å². The van der Waals surface area contributed by atoms with Crippen LogP contribution >= 0.6 is 0 Å². The number of nitrogens with two attached hydrogens (primary N) is 1. The summed E-state index contributed by atoms with van der Waals surface area (Å²) in [6, 6.07) is 7.98. The number of nitrogen functional groups attached to an aromatic ring is 1. The Morgan fingerprint density at radius 1 is 1.33 bits per heavy atom. The molecular formula is C15H23N3. The highest BCUT2D eigenvalue weighted by Gasteiger charge is 2.29. The molecular weight excluding hydrogens is 222 g/mol. The van der Waals surface area contributed by atoms with E-state index in [1.807, 2.05) is 18.2 Å². The zero-order chi connectivity index (χ0) is 13.2. The van der Waals surface area contributed by atoms with E-state index >= 15 is 0 Å². The summed E-state index contributed by atoms with van der Waals surface area (Å²) in [6.45, 7) is 6.78. The van der Waals surface area contributed by atoms with Crippen molar-refractivity contribution < 1.29 is 0 Å². The number of benzene rings is 1. The van der Waals surface area contributed by atoms with Gasteiger partial charge in [0.15, 0.2) is 0 Å². The van der Waals surface area contributed by atoms with Crippen LogP contribution in [-0.4, -0.2) is 18.9 Å². The van der Waals surface area contributed by atoms with Crippen LogP contribution in [-0.2, 0) is 0 Å². The fraction of sp³-hybridized carbons (Fsp3) is 0.533. The molecule has 3 heteroatoms. The maximum atomic E-state index is 7.66. The number of hydrogen-bond donors (Lipinski definition) is 2. The summed E-state index contributed by atoms with van der Waals surface area (Å²) >= 11 is 0. The van der Waals surface area contributed by atoms with Gasteiger partial charge in [0.05, 0.1) is 0 Å². The summed E-state index contributed by atoms with van der Waals surface area (Å²) < 4.78 is 0. The minimum atomic E-state index is 0.162. The van der Waals surface area contributed by atoms with E-state index in [2.05, 4.69) is 24.8 Å². The Balaban J connectivity index is 2.17. The van der Waals surface area contributed by atoms with Crippen LogP contribution in [0.15, 0.2) is 24.3 Å². The first kappa shape index (κ1) is 12.9. The summed E-state index contributed by atoms with van der Waals surface area (Å²) in [7, 11) is 0. The third-order valence-corrected chi connectivity index (χ3v) is 4.36. The molecule has 3 N–H and O–H groups in total. The molecule has 1 saturated heterocycles. The summed E-state index contributed by atoms with van der Waals surface area (Å²) in [5, 5.41) is 7.66. The van der Waals surface area contributed by atoms with Gasteiger partial charge in [0.25, 0.3) is 0 Å². The van der Waals surface area contributed by atoms with E-state index in [-0.39, 0.29) is 5.84 Å². The van der Waals surface area contributed by atoms with Crippen LogP contribution in [0, 0.1) is 10.8 Å². The fourth-order valence-corrected chi connectivity index (χ4v) is 2.62. The lowest BCUT2D eigenvalue weighted by atomic mass is 9.78. The Kier molecular flexibility index (Phi) is 3.60. The first-order valence-electron chi connectivity index (χ1n) is 6.74. The average molecular weight is 245 g/mol. The number of nitrogens with zero attached hydrogens (tertiary/aromatic N) is 1. The van der Waals surface area contributed by atoms with Crippen LogP contribution in [0.5, 0.6) is 0 Å². The summed E-state index contributed by atoms with van der Waals surface area (Å²) in [4.78, 5) is 2.37. The van der Waals surface area contributed by atoms with Crippen molar-refractivity contribution in [1.29, 1.82) is 5.41 Å². The summed E-state index contributed by atoms with van der Waals surface area (Å²) in [5.41, 5.74) is 8.12. The number of amidine groups is 1. The van der Waals surface area contributed by atoms with E-state index in [4.69, 9.17) is 11.1 Å². The number of nitrogens with one attached hydrogen (secondary N) is 1. The maximum Gasteiger partial charge on any atom is 0.124 e. The molecule has 1 aliphatic heterocycles. The molecule has 0 atom stereocenters. The largest absolute Gasteiger partial charge is 0.384 e. The van der Waals surface area contributed by atoms with Gasteiger partial charge in [0.2, 0.25) is 0 Å². The summed E-state index contributed by atoms with van der Waals surface area (Å²) in [5.74, 6) is 0.162. The van der Waals surface area contributed by atoms with Crippen LogP contribution in [0.25, 0.3) is 0 Å². The SMILES string of the molecule is CCC1(C)CCN(c2ccccc2C(=N)N)CC1. The molecule has 1 aromatic rings. The Bertz CT molecular complexity index is 431. The van der Waals surface area contributed by atoms with Gasteiger partial charge >= 0.3 is 0 Å². The van der Waals surface area contributed by atoms with Gasteiger partial charge in [0.1, 0.15) is 5.84 Å². The van der Waals surface area contributed by atoms with Crippen LogP contribution < -0.4 is 10.6 Å². The van der Waals surface area contributed by atoms with Gasteiger partial charge in [-0.15, -0.1) is 0 Å². The molecule has 1 aliphatic rings. The van der Waals surface area contributed by atoms with E-state index in [1.54, 1.807) is 0 Å². The van der Waals surface area contributed by atoms with E-state index in [0.717, 1.165) is 24.3 Å².